The van der Waals surface area contributed by atoms with E-state index in [1.807, 2.05) is 52.5 Å². The zero-order valence-corrected chi connectivity index (χ0v) is 26.8. The third kappa shape index (κ3) is 15.0. The van der Waals surface area contributed by atoms with Gasteiger partial charge >= 0.3 is 0 Å². The molecule has 42 heavy (non-hydrogen) atoms. The molecule has 0 saturated carbocycles. The van der Waals surface area contributed by atoms with Crippen LogP contribution in [0.15, 0.2) is 59.2 Å². The average molecular weight is 653 g/mol. The number of benzene rings is 2. The summed E-state index contributed by atoms with van der Waals surface area (Å²) in [6, 6.07) is 12.4. The van der Waals surface area contributed by atoms with Gasteiger partial charge < -0.3 is 14.7 Å². The smallest absolute Gasteiger partial charge is 0.170 e. The molecule has 4 rings (SSSR count). The summed E-state index contributed by atoms with van der Waals surface area (Å²) in [7, 11) is 0. The van der Waals surface area contributed by atoms with Crippen LogP contribution in [0.1, 0.15) is 79.0 Å². The Morgan fingerprint density at radius 3 is 1.98 bits per heavy atom. The first-order chi connectivity index (χ1) is 19.7. The summed E-state index contributed by atoms with van der Waals surface area (Å²) in [5.74, 6) is 0.430. The Kier molecular flexibility index (Phi) is 25.9. The minimum absolute atomic E-state index is 0. The molecular weight excluding hydrogens is 604 g/mol. The Morgan fingerprint density at radius 2 is 1.50 bits per heavy atom. The molecule has 0 atom stereocenters. The number of aromatic hydroxyl groups is 1. The molecule has 234 valence electrons. The van der Waals surface area contributed by atoms with Gasteiger partial charge in [-0.3, -0.25) is 0 Å². The fourth-order valence-electron chi connectivity index (χ4n) is 3.65. The minimum atomic E-state index is -0.395. The molecule has 0 aliphatic carbocycles. The molecule has 2 aromatic carbocycles. The van der Waals surface area contributed by atoms with Gasteiger partial charge in [-0.25, -0.2) is 18.3 Å². The molecule has 0 radical (unpaired) electrons. The highest BCUT2D eigenvalue weighted by Crippen LogP contribution is 2.29. The summed E-state index contributed by atoms with van der Waals surface area (Å²) in [6.45, 7) is 18.3. The number of carbonyl (C=O) groups is 2. The summed E-state index contributed by atoms with van der Waals surface area (Å²) in [6.07, 6.45) is 7.23. The highest BCUT2D eigenvalue weighted by atomic mass is 79.9. The number of nitrogens with zero attached hydrogens (tertiary/aromatic N) is 3. The number of phenolic OH excluding ortho intramolecular Hbond substituents is 1. The minimum Gasteiger partial charge on any atom is -0.507 e. The van der Waals surface area contributed by atoms with Gasteiger partial charge in [0, 0.05) is 11.3 Å². The van der Waals surface area contributed by atoms with Gasteiger partial charge in [0.1, 0.15) is 31.0 Å². The molecule has 0 aliphatic rings. The number of rotatable bonds is 5. The number of phenols is 1. The molecule has 0 fully saturated rings. The fraction of sp³-hybridized carbons (Fsp3) is 0.394. The SMILES string of the molecule is C.C=O.C=O.CC.CCCC(C)CCC.Cc1cc(-c2ccccc2O)nc2c(Br)cnn12.Cc1cc(F)ccc1F. The van der Waals surface area contributed by atoms with E-state index in [-0.39, 0.29) is 19.0 Å². The molecule has 0 bridgehead atoms. The number of carbonyl (C=O) groups excluding carboxylic acids is 2. The Labute approximate surface area is 259 Å². The average Bonchev–Trinajstić information content (AvgIpc) is 3.36. The van der Waals surface area contributed by atoms with E-state index in [0.717, 1.165) is 51.2 Å². The normalized spacial score (nSPS) is 9.12. The maximum Gasteiger partial charge on any atom is 0.170 e. The van der Waals surface area contributed by atoms with Crippen LogP contribution in [0.3, 0.4) is 0 Å². The Hall–Kier alpha value is -3.46. The topological polar surface area (TPSA) is 84.6 Å². The van der Waals surface area contributed by atoms with Crippen molar-refractivity contribution in [2.24, 2.45) is 5.92 Å². The molecule has 4 aromatic rings. The fourth-order valence-corrected chi connectivity index (χ4v) is 4.00. The van der Waals surface area contributed by atoms with Crippen LogP contribution in [-0.2, 0) is 9.59 Å². The summed E-state index contributed by atoms with van der Waals surface area (Å²) in [5, 5.41) is 14.1. The first-order valence-corrected chi connectivity index (χ1v) is 14.3. The second kappa shape index (κ2) is 25.3. The number of hydrogen-bond acceptors (Lipinski definition) is 5. The van der Waals surface area contributed by atoms with Gasteiger partial charge in [0.15, 0.2) is 5.65 Å². The van der Waals surface area contributed by atoms with E-state index >= 15 is 0 Å². The number of aryl methyl sites for hydroxylation is 2. The van der Waals surface area contributed by atoms with E-state index in [0.29, 0.717) is 5.56 Å². The monoisotopic (exact) mass is 651 g/mol. The van der Waals surface area contributed by atoms with Crippen LogP contribution < -0.4 is 0 Å². The summed E-state index contributed by atoms with van der Waals surface area (Å²) >= 11 is 3.42. The Bertz CT molecular complexity index is 1260. The van der Waals surface area contributed by atoms with Crippen LogP contribution >= 0.6 is 15.9 Å². The van der Waals surface area contributed by atoms with Crippen molar-refractivity contribution in [3.63, 3.8) is 0 Å². The third-order valence-corrected chi connectivity index (χ3v) is 6.03. The largest absolute Gasteiger partial charge is 0.507 e. The van der Waals surface area contributed by atoms with E-state index < -0.39 is 5.82 Å². The summed E-state index contributed by atoms with van der Waals surface area (Å²) in [5.41, 5.74) is 3.50. The lowest BCUT2D eigenvalue weighted by Gasteiger charge is -2.06. The highest BCUT2D eigenvalue weighted by Gasteiger charge is 2.11. The standard InChI is InChI=1S/C13H10BrN3O.C8H18.C7H6F2.C2H6.2CH2O.CH4/c1-8-6-11(9-4-2-3-5-12(9)18)16-13-10(14)7-15-17(8)13;1-4-6-8(3)7-5-2;1-5-4-6(8)2-3-7(5)9;3*1-2;/h2-7,18H,1H3;8H,4-7H2,1-3H3;2-4H,1H3;1-2H3;2*1H2;1H4. The zero-order valence-electron chi connectivity index (χ0n) is 25.3. The highest BCUT2D eigenvalue weighted by molar-refractivity contribution is 9.10. The number of fused-ring (bicyclic) bond motifs is 1. The first-order valence-electron chi connectivity index (χ1n) is 13.5. The van der Waals surface area contributed by atoms with Gasteiger partial charge in [-0.2, -0.15) is 5.10 Å². The van der Waals surface area contributed by atoms with Crippen LogP contribution in [0.4, 0.5) is 8.78 Å². The molecule has 0 spiro atoms. The van der Waals surface area contributed by atoms with Gasteiger partial charge in [0.25, 0.3) is 0 Å². The molecular formula is C33H48BrF2N3O3. The Morgan fingerprint density at radius 1 is 0.952 bits per heavy atom. The second-order valence-electron chi connectivity index (χ2n) is 8.60. The lowest BCUT2D eigenvalue weighted by atomic mass is 10.0. The van der Waals surface area contributed by atoms with E-state index in [1.54, 1.807) is 22.8 Å². The molecule has 0 aliphatic heterocycles. The lowest BCUT2D eigenvalue weighted by molar-refractivity contribution is -0.0987. The predicted octanol–water partition coefficient (Wildman–Crippen LogP) is 9.96. The molecule has 0 unspecified atom stereocenters. The van der Waals surface area contributed by atoms with Crippen molar-refractivity contribution >= 4 is 35.2 Å². The van der Waals surface area contributed by atoms with Gasteiger partial charge in [0.2, 0.25) is 0 Å². The lowest BCUT2D eigenvalue weighted by Crippen LogP contribution is -1.97. The molecule has 0 amide bonds. The second-order valence-corrected chi connectivity index (χ2v) is 9.46. The molecule has 1 N–H and O–H groups in total. The van der Waals surface area contributed by atoms with Crippen molar-refractivity contribution in [2.75, 3.05) is 0 Å². The molecule has 9 heteroatoms. The van der Waals surface area contributed by atoms with Gasteiger partial charge in [-0.1, -0.05) is 79.9 Å². The van der Waals surface area contributed by atoms with E-state index in [1.165, 1.54) is 32.6 Å². The number of aromatic nitrogens is 3. The Balaban J connectivity index is -0.000000541. The number of halogens is 3. The van der Waals surface area contributed by atoms with E-state index in [9.17, 15) is 13.9 Å². The van der Waals surface area contributed by atoms with Crippen LogP contribution in [0.25, 0.3) is 16.9 Å². The number of para-hydroxylation sites is 1. The molecule has 2 aromatic heterocycles. The van der Waals surface area contributed by atoms with Gasteiger partial charge in [0.05, 0.1) is 16.4 Å². The van der Waals surface area contributed by atoms with Crippen molar-refractivity contribution in [3.8, 4) is 17.0 Å². The molecule has 6 nitrogen and oxygen atoms in total. The maximum atomic E-state index is 12.3. The van der Waals surface area contributed by atoms with Crippen molar-refractivity contribution in [2.45, 2.75) is 81.6 Å². The quantitative estimate of drug-likeness (QED) is 0.232. The van der Waals surface area contributed by atoms with Gasteiger partial charge in [-0.15, -0.1) is 0 Å². The third-order valence-electron chi connectivity index (χ3n) is 5.47. The van der Waals surface area contributed by atoms with Crippen LogP contribution in [0.5, 0.6) is 5.75 Å². The van der Waals surface area contributed by atoms with Crippen LogP contribution in [0, 0.1) is 31.4 Å². The van der Waals surface area contributed by atoms with Crippen molar-refractivity contribution in [3.05, 3.63) is 82.1 Å². The predicted molar refractivity (Wildman–Crippen MR) is 175 cm³/mol. The molecule has 0 saturated heterocycles. The summed E-state index contributed by atoms with van der Waals surface area (Å²) in [4.78, 5) is 20.5. The van der Waals surface area contributed by atoms with E-state index in [4.69, 9.17) is 9.59 Å². The maximum absolute atomic E-state index is 12.3. The van der Waals surface area contributed by atoms with Crippen LogP contribution in [-0.4, -0.2) is 33.3 Å². The van der Waals surface area contributed by atoms with Crippen LogP contribution in [0.2, 0.25) is 0 Å². The van der Waals surface area contributed by atoms with Crippen molar-refractivity contribution in [1.82, 2.24) is 14.6 Å². The van der Waals surface area contributed by atoms with Crippen molar-refractivity contribution < 1.29 is 23.5 Å². The van der Waals surface area contributed by atoms with Crippen molar-refractivity contribution in [1.29, 1.82) is 0 Å². The molecule has 2 heterocycles. The summed E-state index contributed by atoms with van der Waals surface area (Å²) < 4.78 is 27.1. The van der Waals surface area contributed by atoms with E-state index in [2.05, 4.69) is 46.8 Å². The first kappa shape index (κ1) is 43.0. The number of hydrogen-bond donors (Lipinski definition) is 1. The zero-order chi connectivity index (χ0) is 32.0. The van der Waals surface area contributed by atoms with Gasteiger partial charge in [-0.05, 0) is 77.7 Å².